The summed E-state index contributed by atoms with van der Waals surface area (Å²) in [6, 6.07) is 10.4. The van der Waals surface area contributed by atoms with Gasteiger partial charge in [0.05, 0.1) is 12.9 Å². The zero-order valence-corrected chi connectivity index (χ0v) is 13.5. The third-order valence-electron chi connectivity index (χ3n) is 2.98. The molecule has 0 unspecified atom stereocenters. The molecule has 0 saturated heterocycles. The lowest BCUT2D eigenvalue weighted by Gasteiger charge is -2.16. The molecule has 1 amide bonds. The number of rotatable bonds is 7. The standard InChI is InChI=1S/C16H17N3O3S/c1-22-15(21)13(10-12-6-3-2-4-7-12)19-14(20)11-23-16-17-8-5-9-18-16/h2-9,13H,10-11H2,1H3,(H,19,20)/t13-/m1/s1. The van der Waals surface area contributed by atoms with E-state index in [9.17, 15) is 9.59 Å². The Bertz CT molecular complexity index is 638. The highest BCUT2D eigenvalue weighted by Crippen LogP contribution is 2.11. The second kappa shape index (κ2) is 8.89. The van der Waals surface area contributed by atoms with Crippen molar-refractivity contribution in [1.82, 2.24) is 15.3 Å². The summed E-state index contributed by atoms with van der Waals surface area (Å²) in [5.41, 5.74) is 0.947. The molecule has 23 heavy (non-hydrogen) atoms. The average molecular weight is 331 g/mol. The molecule has 1 aromatic heterocycles. The Balaban J connectivity index is 1.91. The highest BCUT2D eigenvalue weighted by molar-refractivity contribution is 7.99. The first-order valence-electron chi connectivity index (χ1n) is 7.00. The third kappa shape index (κ3) is 5.71. The maximum Gasteiger partial charge on any atom is 0.328 e. The molecule has 2 aromatic rings. The Kier molecular flexibility index (Phi) is 6.56. The molecule has 7 heteroatoms. The fourth-order valence-electron chi connectivity index (χ4n) is 1.91. The van der Waals surface area contributed by atoms with Gasteiger partial charge >= 0.3 is 5.97 Å². The number of carbonyl (C=O) groups is 2. The number of aromatic nitrogens is 2. The highest BCUT2D eigenvalue weighted by atomic mass is 32.2. The number of nitrogens with zero attached hydrogens (tertiary/aromatic N) is 2. The predicted molar refractivity (Wildman–Crippen MR) is 86.8 cm³/mol. The minimum absolute atomic E-state index is 0.131. The molecular weight excluding hydrogens is 314 g/mol. The molecule has 1 aromatic carbocycles. The van der Waals surface area contributed by atoms with Crippen LogP contribution in [0.4, 0.5) is 0 Å². The molecule has 2 rings (SSSR count). The van der Waals surface area contributed by atoms with E-state index in [1.54, 1.807) is 18.5 Å². The van der Waals surface area contributed by atoms with Crippen molar-refractivity contribution in [3.05, 3.63) is 54.4 Å². The van der Waals surface area contributed by atoms with Crippen molar-refractivity contribution in [1.29, 1.82) is 0 Å². The largest absolute Gasteiger partial charge is 0.467 e. The second-order valence-electron chi connectivity index (χ2n) is 4.65. The molecule has 0 saturated carbocycles. The number of methoxy groups -OCH3 is 1. The number of ether oxygens (including phenoxy) is 1. The number of amides is 1. The van der Waals surface area contributed by atoms with Gasteiger partial charge in [-0.3, -0.25) is 4.79 Å². The second-order valence-corrected chi connectivity index (χ2v) is 5.60. The third-order valence-corrected chi connectivity index (χ3v) is 3.85. The monoisotopic (exact) mass is 331 g/mol. The number of carbonyl (C=O) groups excluding carboxylic acids is 2. The smallest absolute Gasteiger partial charge is 0.328 e. The van der Waals surface area contributed by atoms with Crippen molar-refractivity contribution in [2.45, 2.75) is 17.6 Å². The van der Waals surface area contributed by atoms with Crippen LogP contribution < -0.4 is 5.32 Å². The number of hydrogen-bond acceptors (Lipinski definition) is 6. The summed E-state index contributed by atoms with van der Waals surface area (Å²) in [4.78, 5) is 32.0. The first-order chi connectivity index (χ1) is 11.2. The van der Waals surface area contributed by atoms with Crippen LogP contribution in [0.2, 0.25) is 0 Å². The lowest BCUT2D eigenvalue weighted by molar-refractivity contribution is -0.144. The van der Waals surface area contributed by atoms with Crippen LogP contribution in [0.15, 0.2) is 53.9 Å². The van der Waals surface area contributed by atoms with E-state index in [0.29, 0.717) is 11.6 Å². The van der Waals surface area contributed by atoms with E-state index in [4.69, 9.17) is 4.74 Å². The van der Waals surface area contributed by atoms with Crippen LogP contribution in [0, 0.1) is 0 Å². The molecule has 1 heterocycles. The van der Waals surface area contributed by atoms with E-state index in [2.05, 4.69) is 15.3 Å². The molecule has 6 nitrogen and oxygen atoms in total. The Morgan fingerprint density at radius 2 is 1.87 bits per heavy atom. The first kappa shape index (κ1) is 17.0. The van der Waals surface area contributed by atoms with E-state index in [1.807, 2.05) is 30.3 Å². The fourth-order valence-corrected chi connectivity index (χ4v) is 2.53. The Morgan fingerprint density at radius 1 is 1.17 bits per heavy atom. The summed E-state index contributed by atoms with van der Waals surface area (Å²) in [6.07, 6.45) is 3.60. The van der Waals surface area contributed by atoms with Crippen LogP contribution in [0.25, 0.3) is 0 Å². The van der Waals surface area contributed by atoms with Crippen molar-refractivity contribution >= 4 is 23.6 Å². The summed E-state index contributed by atoms with van der Waals surface area (Å²) in [7, 11) is 1.30. The van der Waals surface area contributed by atoms with Gasteiger partial charge in [-0.05, 0) is 11.6 Å². The molecule has 1 N–H and O–H groups in total. The van der Waals surface area contributed by atoms with Gasteiger partial charge in [-0.15, -0.1) is 0 Å². The number of hydrogen-bond donors (Lipinski definition) is 1. The number of esters is 1. The van der Waals surface area contributed by atoms with Crippen molar-refractivity contribution in [3.63, 3.8) is 0 Å². The molecule has 0 aliphatic heterocycles. The van der Waals surface area contributed by atoms with Gasteiger partial charge in [0.15, 0.2) is 5.16 Å². The maximum absolute atomic E-state index is 12.0. The fraction of sp³-hybridized carbons (Fsp3) is 0.250. The summed E-state index contributed by atoms with van der Waals surface area (Å²) >= 11 is 1.21. The van der Waals surface area contributed by atoms with Crippen LogP contribution in [-0.2, 0) is 20.7 Å². The summed E-state index contributed by atoms with van der Waals surface area (Å²) in [5, 5.41) is 3.21. The van der Waals surface area contributed by atoms with Gasteiger partial charge in [0.25, 0.3) is 0 Å². The van der Waals surface area contributed by atoms with Gasteiger partial charge < -0.3 is 10.1 Å². The molecule has 0 bridgehead atoms. The molecule has 0 fully saturated rings. The Hall–Kier alpha value is -2.41. The Labute approximate surface area is 138 Å². The van der Waals surface area contributed by atoms with Crippen molar-refractivity contribution in [2.24, 2.45) is 0 Å². The molecule has 120 valence electrons. The first-order valence-corrected chi connectivity index (χ1v) is 7.98. The highest BCUT2D eigenvalue weighted by Gasteiger charge is 2.22. The van der Waals surface area contributed by atoms with Crippen molar-refractivity contribution < 1.29 is 14.3 Å². The van der Waals surface area contributed by atoms with Gasteiger partial charge in [-0.1, -0.05) is 42.1 Å². The Morgan fingerprint density at radius 3 is 2.52 bits per heavy atom. The number of thioether (sulfide) groups is 1. The molecular formula is C16H17N3O3S. The molecule has 0 spiro atoms. The summed E-state index contributed by atoms with van der Waals surface area (Å²) in [5.74, 6) is -0.608. The number of benzene rings is 1. The quantitative estimate of drug-likeness (QED) is 0.470. The van der Waals surface area contributed by atoms with Crippen molar-refractivity contribution in [2.75, 3.05) is 12.9 Å². The lowest BCUT2D eigenvalue weighted by Crippen LogP contribution is -2.43. The van der Waals surface area contributed by atoms with E-state index in [-0.39, 0.29) is 11.7 Å². The lowest BCUT2D eigenvalue weighted by atomic mass is 10.1. The van der Waals surface area contributed by atoms with Crippen molar-refractivity contribution in [3.8, 4) is 0 Å². The SMILES string of the molecule is COC(=O)[C@@H](Cc1ccccc1)NC(=O)CSc1ncccn1. The van der Waals surface area contributed by atoms with Crippen LogP contribution in [0.1, 0.15) is 5.56 Å². The number of nitrogens with one attached hydrogen (secondary N) is 1. The molecule has 0 radical (unpaired) electrons. The molecule has 1 atom stereocenters. The van der Waals surface area contributed by atoms with E-state index < -0.39 is 12.0 Å². The maximum atomic E-state index is 12.0. The van der Waals surface area contributed by atoms with E-state index >= 15 is 0 Å². The normalized spacial score (nSPS) is 11.5. The zero-order chi connectivity index (χ0) is 16.5. The van der Waals surface area contributed by atoms with Crippen LogP contribution in [0.3, 0.4) is 0 Å². The predicted octanol–water partition coefficient (Wildman–Crippen LogP) is 1.47. The molecule has 0 aliphatic carbocycles. The van der Waals surface area contributed by atoms with Crippen LogP contribution >= 0.6 is 11.8 Å². The average Bonchev–Trinajstić information content (AvgIpc) is 2.60. The topological polar surface area (TPSA) is 81.2 Å². The van der Waals surface area contributed by atoms with Gasteiger partial charge in [-0.2, -0.15) is 0 Å². The van der Waals surface area contributed by atoms with Gasteiger partial charge in [0.1, 0.15) is 6.04 Å². The zero-order valence-electron chi connectivity index (χ0n) is 12.6. The van der Waals surface area contributed by atoms with Crippen LogP contribution in [-0.4, -0.2) is 40.7 Å². The van der Waals surface area contributed by atoms with Gasteiger partial charge in [-0.25, -0.2) is 14.8 Å². The van der Waals surface area contributed by atoms with E-state index in [0.717, 1.165) is 5.56 Å². The summed E-state index contributed by atoms with van der Waals surface area (Å²) < 4.78 is 4.76. The van der Waals surface area contributed by atoms with Gasteiger partial charge in [0.2, 0.25) is 5.91 Å². The van der Waals surface area contributed by atoms with E-state index in [1.165, 1.54) is 18.9 Å². The van der Waals surface area contributed by atoms with Crippen LogP contribution in [0.5, 0.6) is 0 Å². The molecule has 0 aliphatic rings. The minimum Gasteiger partial charge on any atom is -0.467 e. The minimum atomic E-state index is -0.716. The summed E-state index contributed by atoms with van der Waals surface area (Å²) in [6.45, 7) is 0. The van der Waals surface area contributed by atoms with Gasteiger partial charge in [0, 0.05) is 18.8 Å².